The second-order valence-electron chi connectivity index (χ2n) is 4.24. The zero-order valence-corrected chi connectivity index (χ0v) is 12.5. The molecule has 1 aromatic heterocycles. The molecule has 0 aromatic carbocycles. The van der Waals surface area contributed by atoms with Gasteiger partial charge in [-0.15, -0.1) is 11.3 Å². The SMILES string of the molecule is COC(=O)Cc1csc(NCCOCCN(C)C)n1. The number of nitrogens with one attached hydrogen (secondary N) is 1. The lowest BCUT2D eigenvalue weighted by Crippen LogP contribution is -2.20. The van der Waals surface area contributed by atoms with Crippen LogP contribution in [0.1, 0.15) is 5.69 Å². The van der Waals surface area contributed by atoms with Crippen LogP contribution in [0.5, 0.6) is 0 Å². The van der Waals surface area contributed by atoms with Crippen molar-refractivity contribution in [1.29, 1.82) is 0 Å². The number of ether oxygens (including phenoxy) is 2. The van der Waals surface area contributed by atoms with E-state index in [0.29, 0.717) is 13.2 Å². The highest BCUT2D eigenvalue weighted by atomic mass is 32.1. The van der Waals surface area contributed by atoms with Crippen LogP contribution in [0, 0.1) is 0 Å². The van der Waals surface area contributed by atoms with Crippen LogP contribution < -0.4 is 5.32 Å². The Kier molecular flexibility index (Phi) is 7.39. The molecular formula is C12H21N3O3S. The second kappa shape index (κ2) is 8.84. The Labute approximate surface area is 117 Å². The van der Waals surface area contributed by atoms with Crippen molar-refractivity contribution in [3.63, 3.8) is 0 Å². The number of anilines is 1. The van der Waals surface area contributed by atoms with E-state index < -0.39 is 0 Å². The molecule has 0 fully saturated rings. The first kappa shape index (κ1) is 15.9. The van der Waals surface area contributed by atoms with Gasteiger partial charge >= 0.3 is 5.97 Å². The molecule has 1 rings (SSSR count). The maximum absolute atomic E-state index is 11.1. The molecule has 0 aliphatic heterocycles. The van der Waals surface area contributed by atoms with E-state index in [1.54, 1.807) is 0 Å². The summed E-state index contributed by atoms with van der Waals surface area (Å²) in [5.74, 6) is -0.274. The second-order valence-corrected chi connectivity index (χ2v) is 5.10. The zero-order valence-electron chi connectivity index (χ0n) is 11.6. The van der Waals surface area contributed by atoms with Crippen LogP contribution in [-0.4, -0.2) is 63.4 Å². The molecule has 0 atom stereocenters. The normalized spacial score (nSPS) is 10.7. The molecule has 0 radical (unpaired) electrons. The van der Waals surface area contributed by atoms with Gasteiger partial charge in [0.25, 0.3) is 0 Å². The summed E-state index contributed by atoms with van der Waals surface area (Å²) in [6.07, 6.45) is 0.216. The summed E-state index contributed by atoms with van der Waals surface area (Å²) in [6, 6.07) is 0. The Morgan fingerprint density at radius 1 is 1.47 bits per heavy atom. The van der Waals surface area contributed by atoms with E-state index >= 15 is 0 Å². The standard InChI is InChI=1S/C12H21N3O3S/c1-15(2)5-7-18-6-4-13-12-14-10(9-19-12)8-11(16)17-3/h9H,4-8H2,1-3H3,(H,13,14). The van der Waals surface area contributed by atoms with Crippen LogP contribution in [0.25, 0.3) is 0 Å². The molecule has 0 spiro atoms. The number of rotatable bonds is 9. The summed E-state index contributed by atoms with van der Waals surface area (Å²) < 4.78 is 10.0. The first-order valence-corrected chi connectivity index (χ1v) is 6.97. The lowest BCUT2D eigenvalue weighted by Gasteiger charge is -2.09. The average Bonchev–Trinajstić information content (AvgIpc) is 2.80. The molecule has 0 amide bonds. The number of esters is 1. The predicted octanol–water partition coefficient (Wildman–Crippen LogP) is 0.849. The highest BCUT2D eigenvalue weighted by Gasteiger charge is 2.07. The largest absolute Gasteiger partial charge is 0.469 e. The quantitative estimate of drug-likeness (QED) is 0.536. The molecule has 0 unspecified atom stereocenters. The van der Waals surface area contributed by atoms with Crippen molar-refractivity contribution in [3.05, 3.63) is 11.1 Å². The van der Waals surface area contributed by atoms with Gasteiger partial charge < -0.3 is 19.7 Å². The predicted molar refractivity (Wildman–Crippen MR) is 75.7 cm³/mol. The van der Waals surface area contributed by atoms with E-state index in [1.165, 1.54) is 18.4 Å². The molecule has 108 valence electrons. The lowest BCUT2D eigenvalue weighted by atomic mass is 10.3. The van der Waals surface area contributed by atoms with Crippen molar-refractivity contribution in [2.75, 3.05) is 52.8 Å². The van der Waals surface area contributed by atoms with Gasteiger partial charge in [-0.3, -0.25) is 4.79 Å². The number of hydrogen-bond acceptors (Lipinski definition) is 7. The number of thiazole rings is 1. The number of carbonyl (C=O) groups excluding carboxylic acids is 1. The Morgan fingerprint density at radius 2 is 2.26 bits per heavy atom. The van der Waals surface area contributed by atoms with E-state index in [-0.39, 0.29) is 12.4 Å². The molecule has 0 aliphatic rings. The summed E-state index contributed by atoms with van der Waals surface area (Å²) in [5.41, 5.74) is 0.730. The topological polar surface area (TPSA) is 63.7 Å². The molecule has 1 aromatic rings. The number of carbonyl (C=O) groups is 1. The van der Waals surface area contributed by atoms with Crippen molar-refractivity contribution < 1.29 is 14.3 Å². The van der Waals surface area contributed by atoms with Gasteiger partial charge in [0, 0.05) is 18.5 Å². The van der Waals surface area contributed by atoms with Crippen LogP contribution in [-0.2, 0) is 20.7 Å². The minimum Gasteiger partial charge on any atom is -0.469 e. The summed E-state index contributed by atoms with van der Waals surface area (Å²) in [4.78, 5) is 17.4. The molecule has 7 heteroatoms. The molecule has 1 N–H and O–H groups in total. The van der Waals surface area contributed by atoms with E-state index in [2.05, 4.69) is 19.9 Å². The van der Waals surface area contributed by atoms with E-state index in [4.69, 9.17) is 4.74 Å². The molecular weight excluding hydrogens is 266 g/mol. The number of methoxy groups -OCH3 is 1. The zero-order chi connectivity index (χ0) is 14.1. The van der Waals surface area contributed by atoms with Crippen molar-refractivity contribution in [2.45, 2.75) is 6.42 Å². The van der Waals surface area contributed by atoms with Gasteiger partial charge in [0.05, 0.1) is 32.4 Å². The van der Waals surface area contributed by atoms with Gasteiger partial charge in [-0.25, -0.2) is 4.98 Å². The van der Waals surface area contributed by atoms with Crippen LogP contribution in [0.2, 0.25) is 0 Å². The number of likely N-dealkylation sites (N-methyl/N-ethyl adjacent to an activating group) is 1. The Bertz CT molecular complexity index is 382. The van der Waals surface area contributed by atoms with Crippen molar-refractivity contribution in [1.82, 2.24) is 9.88 Å². The number of aromatic nitrogens is 1. The average molecular weight is 287 g/mol. The molecule has 19 heavy (non-hydrogen) atoms. The van der Waals surface area contributed by atoms with Crippen molar-refractivity contribution in [2.24, 2.45) is 0 Å². The summed E-state index contributed by atoms with van der Waals surface area (Å²) in [6.45, 7) is 2.99. The molecule has 0 aliphatic carbocycles. The smallest absolute Gasteiger partial charge is 0.311 e. The summed E-state index contributed by atoms with van der Waals surface area (Å²) in [5, 5.41) is 5.82. The monoisotopic (exact) mass is 287 g/mol. The lowest BCUT2D eigenvalue weighted by molar-refractivity contribution is -0.139. The number of nitrogens with zero attached hydrogens (tertiary/aromatic N) is 2. The third-order valence-corrected chi connectivity index (χ3v) is 3.16. The van der Waals surface area contributed by atoms with Crippen molar-refractivity contribution >= 4 is 22.4 Å². The third kappa shape index (κ3) is 7.09. The summed E-state index contributed by atoms with van der Waals surface area (Å²) >= 11 is 1.48. The van der Waals surface area contributed by atoms with E-state index in [9.17, 15) is 4.79 Å². The van der Waals surface area contributed by atoms with E-state index in [0.717, 1.165) is 24.0 Å². The Morgan fingerprint density at radius 3 is 2.95 bits per heavy atom. The van der Waals surface area contributed by atoms with Gasteiger partial charge in [-0.05, 0) is 14.1 Å². The molecule has 1 heterocycles. The first-order chi connectivity index (χ1) is 9.11. The fourth-order valence-corrected chi connectivity index (χ4v) is 2.01. The van der Waals surface area contributed by atoms with Crippen LogP contribution in [0.15, 0.2) is 5.38 Å². The number of hydrogen-bond donors (Lipinski definition) is 1. The maximum atomic E-state index is 11.1. The van der Waals surface area contributed by atoms with E-state index in [1.807, 2.05) is 19.5 Å². The molecule has 0 saturated heterocycles. The third-order valence-electron chi connectivity index (χ3n) is 2.31. The summed E-state index contributed by atoms with van der Waals surface area (Å²) in [7, 11) is 5.40. The van der Waals surface area contributed by atoms with Crippen LogP contribution >= 0.6 is 11.3 Å². The Hall–Kier alpha value is -1.18. The van der Waals surface area contributed by atoms with Crippen LogP contribution in [0.3, 0.4) is 0 Å². The minimum absolute atomic E-state index is 0.216. The van der Waals surface area contributed by atoms with Crippen LogP contribution in [0.4, 0.5) is 5.13 Å². The Balaban J connectivity index is 2.14. The fourth-order valence-electron chi connectivity index (χ4n) is 1.27. The minimum atomic E-state index is -0.274. The molecule has 0 bridgehead atoms. The van der Waals surface area contributed by atoms with Gasteiger partial charge in [-0.2, -0.15) is 0 Å². The fraction of sp³-hybridized carbons (Fsp3) is 0.667. The molecule has 0 saturated carbocycles. The highest BCUT2D eigenvalue weighted by Crippen LogP contribution is 2.15. The van der Waals surface area contributed by atoms with Crippen molar-refractivity contribution in [3.8, 4) is 0 Å². The first-order valence-electron chi connectivity index (χ1n) is 6.09. The van der Waals surface area contributed by atoms with Gasteiger partial charge in [0.15, 0.2) is 5.13 Å². The van der Waals surface area contributed by atoms with Gasteiger partial charge in [0.1, 0.15) is 0 Å². The van der Waals surface area contributed by atoms with Gasteiger partial charge in [-0.1, -0.05) is 0 Å². The maximum Gasteiger partial charge on any atom is 0.311 e. The van der Waals surface area contributed by atoms with Gasteiger partial charge in [0.2, 0.25) is 0 Å². The highest BCUT2D eigenvalue weighted by molar-refractivity contribution is 7.13. The molecule has 6 nitrogen and oxygen atoms in total.